The van der Waals surface area contributed by atoms with E-state index in [0.29, 0.717) is 17.9 Å². The number of nitrogens with zero attached hydrogens (tertiary/aromatic N) is 1. The van der Waals surface area contributed by atoms with Crippen LogP contribution in [0.5, 0.6) is 0 Å². The molecule has 0 unspecified atom stereocenters. The van der Waals surface area contributed by atoms with E-state index in [9.17, 15) is 4.79 Å². The molecule has 0 bridgehead atoms. The van der Waals surface area contributed by atoms with Gasteiger partial charge in [0, 0.05) is 29.9 Å². The largest absolute Gasteiger partial charge is 0.461 e. The van der Waals surface area contributed by atoms with Gasteiger partial charge in [0.2, 0.25) is 5.83 Å². The van der Waals surface area contributed by atoms with Gasteiger partial charge in [0.15, 0.2) is 0 Å². The van der Waals surface area contributed by atoms with Crippen LogP contribution in [0.2, 0.25) is 0 Å². The summed E-state index contributed by atoms with van der Waals surface area (Å²) in [4.78, 5) is 14.4. The number of halogens is 1. The topological polar surface area (TPSA) is 29.5 Å². The van der Waals surface area contributed by atoms with E-state index in [1.54, 1.807) is 6.92 Å². The maximum Gasteiger partial charge on any atom is 0.367 e. The first-order chi connectivity index (χ1) is 12.7. The number of hydrogen-bond acceptors (Lipinski definition) is 3. The number of carbonyl (C=O) groups is 1. The fraction of sp³-hybridized carbons (Fsp3) is 0.609. The molecule has 1 heterocycles. The normalized spacial score (nSPS) is 16.9. The second kappa shape index (κ2) is 8.45. The number of ether oxygens (including phenoxy) is 1. The van der Waals surface area contributed by atoms with Crippen molar-refractivity contribution in [3.05, 3.63) is 34.6 Å². The number of benzene rings is 1. The molecule has 0 spiro atoms. The van der Waals surface area contributed by atoms with E-state index in [4.69, 9.17) is 4.74 Å². The van der Waals surface area contributed by atoms with Gasteiger partial charge >= 0.3 is 5.97 Å². The van der Waals surface area contributed by atoms with Crippen molar-refractivity contribution in [1.29, 1.82) is 0 Å². The highest BCUT2D eigenvalue weighted by Gasteiger charge is 2.34. The third-order valence-corrected chi connectivity index (χ3v) is 5.63. The molecule has 0 radical (unpaired) electrons. The lowest BCUT2D eigenvalue weighted by atomic mass is 9.74. The molecule has 27 heavy (non-hydrogen) atoms. The van der Waals surface area contributed by atoms with Crippen LogP contribution in [0.4, 0.5) is 10.1 Å². The SMILES string of the molecule is CCOC(=O)C(F)=C(CC)c1cc(C(C)C)cc2c1N(CC)CCC2(C)C. The highest BCUT2D eigenvalue weighted by atomic mass is 19.1. The molecule has 0 N–H and O–H groups in total. The van der Waals surface area contributed by atoms with Crippen LogP contribution in [0, 0.1) is 0 Å². The zero-order valence-corrected chi connectivity index (χ0v) is 17.9. The van der Waals surface area contributed by atoms with Gasteiger partial charge in [-0.1, -0.05) is 40.7 Å². The van der Waals surface area contributed by atoms with Crippen LogP contribution in [-0.4, -0.2) is 25.7 Å². The zero-order valence-electron chi connectivity index (χ0n) is 17.9. The number of hydrogen-bond donors (Lipinski definition) is 0. The minimum absolute atomic E-state index is 0.0138. The van der Waals surface area contributed by atoms with Crippen molar-refractivity contribution in [2.75, 3.05) is 24.6 Å². The summed E-state index contributed by atoms with van der Waals surface area (Å²) in [6, 6.07) is 4.35. The second-order valence-corrected chi connectivity index (χ2v) is 8.20. The number of esters is 1. The van der Waals surface area contributed by atoms with Crippen LogP contribution in [0.1, 0.15) is 83.9 Å². The summed E-state index contributed by atoms with van der Waals surface area (Å²) >= 11 is 0. The smallest absolute Gasteiger partial charge is 0.367 e. The summed E-state index contributed by atoms with van der Waals surface area (Å²) in [5, 5.41) is 0. The van der Waals surface area contributed by atoms with Crippen molar-refractivity contribution in [2.45, 2.75) is 72.6 Å². The molecule has 0 atom stereocenters. The lowest BCUT2D eigenvalue weighted by molar-refractivity contribution is -0.140. The predicted octanol–water partition coefficient (Wildman–Crippen LogP) is 5.97. The number of fused-ring (bicyclic) bond motifs is 1. The first kappa shape index (κ1) is 21.5. The Bertz CT molecular complexity index is 734. The second-order valence-electron chi connectivity index (χ2n) is 8.20. The quantitative estimate of drug-likeness (QED) is 0.453. The Morgan fingerprint density at radius 3 is 2.44 bits per heavy atom. The van der Waals surface area contributed by atoms with Gasteiger partial charge in [0.1, 0.15) is 0 Å². The van der Waals surface area contributed by atoms with Gasteiger partial charge in [-0.2, -0.15) is 4.39 Å². The summed E-state index contributed by atoms with van der Waals surface area (Å²) in [6.45, 7) is 16.5. The zero-order chi connectivity index (χ0) is 20.4. The van der Waals surface area contributed by atoms with E-state index in [1.807, 2.05) is 6.92 Å². The number of rotatable bonds is 6. The Kier molecular flexibility index (Phi) is 6.72. The Labute approximate surface area is 163 Å². The highest BCUT2D eigenvalue weighted by Crippen LogP contribution is 2.46. The van der Waals surface area contributed by atoms with E-state index in [1.165, 1.54) is 11.1 Å². The van der Waals surface area contributed by atoms with Gasteiger partial charge in [-0.05, 0) is 55.2 Å². The van der Waals surface area contributed by atoms with E-state index < -0.39 is 11.8 Å². The molecule has 150 valence electrons. The minimum Gasteiger partial charge on any atom is -0.461 e. The maximum atomic E-state index is 15.0. The van der Waals surface area contributed by atoms with Crippen molar-refractivity contribution >= 4 is 17.2 Å². The van der Waals surface area contributed by atoms with Gasteiger partial charge < -0.3 is 9.64 Å². The van der Waals surface area contributed by atoms with Crippen LogP contribution < -0.4 is 4.90 Å². The average Bonchev–Trinajstić information content (AvgIpc) is 2.62. The standard InChI is InChI=1S/C23H34FNO2/c1-8-17(20(24)22(26)27-10-3)18-13-16(15(4)5)14-19-21(18)25(9-2)12-11-23(19,6)7/h13-15H,8-12H2,1-7H3. The van der Waals surface area contributed by atoms with Crippen molar-refractivity contribution in [1.82, 2.24) is 0 Å². The maximum absolute atomic E-state index is 15.0. The third kappa shape index (κ3) is 4.20. The molecule has 1 aliphatic rings. The molecule has 0 fully saturated rings. The van der Waals surface area contributed by atoms with Crippen molar-refractivity contribution in [3.8, 4) is 0 Å². The van der Waals surface area contributed by atoms with Crippen LogP contribution >= 0.6 is 0 Å². The van der Waals surface area contributed by atoms with Gasteiger partial charge in [-0.3, -0.25) is 0 Å². The third-order valence-electron chi connectivity index (χ3n) is 5.63. The Morgan fingerprint density at radius 1 is 1.26 bits per heavy atom. The van der Waals surface area contributed by atoms with E-state index in [0.717, 1.165) is 30.8 Å². The molecule has 0 saturated heterocycles. The van der Waals surface area contributed by atoms with E-state index in [-0.39, 0.29) is 12.0 Å². The summed E-state index contributed by atoms with van der Waals surface area (Å²) in [6.07, 6.45) is 1.50. The van der Waals surface area contributed by atoms with E-state index >= 15 is 4.39 Å². The molecule has 3 nitrogen and oxygen atoms in total. The van der Waals surface area contributed by atoms with Gasteiger partial charge in [0.25, 0.3) is 0 Å². The van der Waals surface area contributed by atoms with Crippen LogP contribution in [-0.2, 0) is 14.9 Å². The monoisotopic (exact) mass is 375 g/mol. The van der Waals surface area contributed by atoms with Crippen molar-refractivity contribution < 1.29 is 13.9 Å². The lowest BCUT2D eigenvalue weighted by Gasteiger charge is -2.42. The highest BCUT2D eigenvalue weighted by molar-refractivity contribution is 5.97. The summed E-state index contributed by atoms with van der Waals surface area (Å²) in [5.74, 6) is -1.30. The number of allylic oxidation sites excluding steroid dienone is 1. The predicted molar refractivity (Wildman–Crippen MR) is 111 cm³/mol. The molecule has 0 saturated carbocycles. The summed E-state index contributed by atoms with van der Waals surface area (Å²) < 4.78 is 20.0. The molecule has 1 aliphatic heterocycles. The van der Waals surface area contributed by atoms with Crippen LogP contribution in [0.25, 0.3) is 5.57 Å². The van der Waals surface area contributed by atoms with Crippen molar-refractivity contribution in [2.24, 2.45) is 0 Å². The molecule has 1 aromatic rings. The number of carbonyl (C=O) groups excluding carboxylic acids is 1. The molecule has 4 heteroatoms. The Hall–Kier alpha value is -1.84. The number of anilines is 1. The van der Waals surface area contributed by atoms with Crippen LogP contribution in [0.15, 0.2) is 18.0 Å². The average molecular weight is 376 g/mol. The molecule has 1 aromatic carbocycles. The lowest BCUT2D eigenvalue weighted by Crippen LogP contribution is -2.38. The fourth-order valence-electron chi connectivity index (χ4n) is 3.84. The van der Waals surface area contributed by atoms with Gasteiger partial charge in [-0.15, -0.1) is 0 Å². The van der Waals surface area contributed by atoms with Gasteiger partial charge in [0.05, 0.1) is 6.61 Å². The molecular formula is C23H34FNO2. The molecular weight excluding hydrogens is 341 g/mol. The molecule has 0 aliphatic carbocycles. The van der Waals surface area contributed by atoms with Gasteiger partial charge in [-0.25, -0.2) is 4.79 Å². The summed E-state index contributed by atoms with van der Waals surface area (Å²) in [7, 11) is 0. The fourth-order valence-corrected chi connectivity index (χ4v) is 3.84. The van der Waals surface area contributed by atoms with E-state index in [2.05, 4.69) is 51.7 Å². The minimum atomic E-state index is -0.865. The van der Waals surface area contributed by atoms with Crippen LogP contribution in [0.3, 0.4) is 0 Å². The molecule has 2 rings (SSSR count). The first-order valence-corrected chi connectivity index (χ1v) is 10.2. The molecule has 0 amide bonds. The van der Waals surface area contributed by atoms with Crippen molar-refractivity contribution in [3.63, 3.8) is 0 Å². The first-order valence-electron chi connectivity index (χ1n) is 10.2. The Morgan fingerprint density at radius 2 is 1.93 bits per heavy atom. The summed E-state index contributed by atoms with van der Waals surface area (Å²) in [5.41, 5.74) is 4.81. The molecule has 0 aromatic heterocycles. The Balaban J connectivity index is 2.83.